The topological polar surface area (TPSA) is 153 Å². The van der Waals surface area contributed by atoms with Gasteiger partial charge in [-0.3, -0.25) is 0 Å². The van der Waals surface area contributed by atoms with Gasteiger partial charge >= 0.3 is 17.9 Å². The van der Waals surface area contributed by atoms with E-state index in [1.165, 1.54) is 18.3 Å². The average molecular weight is 317 g/mol. The van der Waals surface area contributed by atoms with Gasteiger partial charge in [0.15, 0.2) is 11.5 Å². The van der Waals surface area contributed by atoms with E-state index in [9.17, 15) is 14.4 Å². The van der Waals surface area contributed by atoms with Gasteiger partial charge in [0, 0.05) is 5.56 Å². The molecule has 0 amide bonds. The van der Waals surface area contributed by atoms with Crippen molar-refractivity contribution in [3.05, 3.63) is 41.2 Å². The van der Waals surface area contributed by atoms with Crippen molar-refractivity contribution in [1.82, 2.24) is 9.97 Å². The number of carboxylic acid groups (broad SMARTS) is 2. The second-order valence-corrected chi connectivity index (χ2v) is 4.39. The third-order valence-electron chi connectivity index (χ3n) is 2.90. The van der Waals surface area contributed by atoms with E-state index in [1.54, 1.807) is 0 Å². The van der Waals surface area contributed by atoms with Gasteiger partial charge in [0.25, 0.3) is 0 Å². The molecule has 0 aliphatic heterocycles. The predicted molar refractivity (Wildman–Crippen MR) is 77.1 cm³/mol. The fraction of sp³-hybridized carbons (Fsp3) is 0.0714. The normalized spacial score (nSPS) is 10.1. The summed E-state index contributed by atoms with van der Waals surface area (Å²) in [6.45, 7) is 0. The second-order valence-electron chi connectivity index (χ2n) is 4.39. The van der Waals surface area contributed by atoms with Crippen LogP contribution in [0, 0.1) is 0 Å². The summed E-state index contributed by atoms with van der Waals surface area (Å²) in [4.78, 5) is 41.6. The smallest absolute Gasteiger partial charge is 0.360 e. The zero-order valence-corrected chi connectivity index (χ0v) is 11.8. The minimum Gasteiger partial charge on any atom is -0.478 e. The molecule has 23 heavy (non-hydrogen) atoms. The number of hydrogen-bond donors (Lipinski definition) is 3. The van der Waals surface area contributed by atoms with Gasteiger partial charge in [-0.2, -0.15) is 0 Å². The molecule has 9 heteroatoms. The highest BCUT2D eigenvalue weighted by molar-refractivity contribution is 5.96. The Hall–Kier alpha value is -3.49. The highest BCUT2D eigenvalue weighted by Crippen LogP contribution is 2.22. The summed E-state index contributed by atoms with van der Waals surface area (Å²) < 4.78 is 4.52. The largest absolute Gasteiger partial charge is 0.478 e. The van der Waals surface area contributed by atoms with Crippen LogP contribution in [0.2, 0.25) is 0 Å². The number of benzene rings is 1. The number of aromatic nitrogens is 2. The van der Waals surface area contributed by atoms with Crippen molar-refractivity contribution < 1.29 is 29.3 Å². The van der Waals surface area contributed by atoms with Gasteiger partial charge in [0.05, 0.1) is 30.1 Å². The lowest BCUT2D eigenvalue weighted by Gasteiger charge is -2.07. The number of nitrogens with zero attached hydrogens (tertiary/aromatic N) is 2. The van der Waals surface area contributed by atoms with Crippen molar-refractivity contribution in [2.45, 2.75) is 0 Å². The van der Waals surface area contributed by atoms with Gasteiger partial charge in [0.2, 0.25) is 0 Å². The first-order valence-electron chi connectivity index (χ1n) is 6.16. The Morgan fingerprint density at radius 2 is 1.65 bits per heavy atom. The SMILES string of the molecule is COC(=O)c1nc(-c2cc(C(=O)O)cc(C(=O)O)c2)cnc1N. The van der Waals surface area contributed by atoms with E-state index in [4.69, 9.17) is 15.9 Å². The van der Waals surface area contributed by atoms with Gasteiger partial charge in [-0.1, -0.05) is 0 Å². The van der Waals surface area contributed by atoms with Crippen LogP contribution < -0.4 is 5.73 Å². The number of nitrogen functional groups attached to an aromatic ring is 1. The van der Waals surface area contributed by atoms with Gasteiger partial charge < -0.3 is 20.7 Å². The number of anilines is 1. The van der Waals surface area contributed by atoms with Crippen LogP contribution in [0.5, 0.6) is 0 Å². The molecule has 0 unspecified atom stereocenters. The Balaban J connectivity index is 2.64. The Bertz CT molecular complexity index is 786. The predicted octanol–water partition coefficient (Wildman–Crippen LogP) is 0.909. The van der Waals surface area contributed by atoms with Crippen LogP contribution >= 0.6 is 0 Å². The van der Waals surface area contributed by atoms with Crippen molar-refractivity contribution in [2.24, 2.45) is 0 Å². The Labute approximate surface area is 129 Å². The fourth-order valence-electron chi connectivity index (χ4n) is 1.81. The van der Waals surface area contributed by atoms with E-state index in [0.717, 1.165) is 13.2 Å². The number of aromatic carboxylic acids is 2. The van der Waals surface area contributed by atoms with Gasteiger partial charge in [-0.15, -0.1) is 0 Å². The second kappa shape index (κ2) is 6.10. The Morgan fingerprint density at radius 1 is 1.09 bits per heavy atom. The number of ether oxygens (including phenoxy) is 1. The molecule has 0 fully saturated rings. The number of esters is 1. The average Bonchev–Trinajstić information content (AvgIpc) is 2.54. The molecule has 1 aromatic heterocycles. The standard InChI is InChI=1S/C14H11N3O6/c1-23-14(22)10-11(15)16-5-9(17-10)6-2-7(12(18)19)4-8(3-6)13(20)21/h2-5H,1H3,(H2,15,16)(H,18,19)(H,20,21). The number of methoxy groups -OCH3 is 1. The molecule has 0 saturated carbocycles. The fourth-order valence-corrected chi connectivity index (χ4v) is 1.81. The molecule has 0 aliphatic carbocycles. The summed E-state index contributed by atoms with van der Waals surface area (Å²) in [6, 6.07) is 3.45. The van der Waals surface area contributed by atoms with E-state index in [1.807, 2.05) is 0 Å². The molecule has 0 radical (unpaired) electrons. The van der Waals surface area contributed by atoms with Crippen LogP contribution in [0.1, 0.15) is 31.2 Å². The van der Waals surface area contributed by atoms with Gasteiger partial charge in [0.1, 0.15) is 0 Å². The van der Waals surface area contributed by atoms with Crippen molar-refractivity contribution in [2.75, 3.05) is 12.8 Å². The van der Waals surface area contributed by atoms with E-state index in [-0.39, 0.29) is 33.9 Å². The van der Waals surface area contributed by atoms with Crippen LogP contribution in [-0.2, 0) is 4.74 Å². The monoisotopic (exact) mass is 317 g/mol. The Kier molecular flexibility index (Phi) is 4.21. The first-order valence-corrected chi connectivity index (χ1v) is 6.16. The number of hydrogen-bond acceptors (Lipinski definition) is 7. The quantitative estimate of drug-likeness (QED) is 0.698. The summed E-state index contributed by atoms with van der Waals surface area (Å²) in [5.74, 6) is -3.57. The van der Waals surface area contributed by atoms with Crippen LogP contribution in [0.3, 0.4) is 0 Å². The van der Waals surface area contributed by atoms with Crippen molar-refractivity contribution >= 4 is 23.7 Å². The number of nitrogens with two attached hydrogens (primary N) is 1. The molecule has 118 valence electrons. The van der Waals surface area contributed by atoms with Crippen molar-refractivity contribution in [3.63, 3.8) is 0 Å². The molecule has 2 rings (SSSR count). The minimum atomic E-state index is -1.30. The molecule has 4 N–H and O–H groups in total. The molecule has 9 nitrogen and oxygen atoms in total. The maximum absolute atomic E-state index is 11.6. The first kappa shape index (κ1) is 15.9. The molecule has 1 heterocycles. The summed E-state index contributed by atoms with van der Waals surface area (Å²) in [6.07, 6.45) is 1.20. The number of carbonyl (C=O) groups excluding carboxylic acids is 1. The highest BCUT2D eigenvalue weighted by Gasteiger charge is 2.17. The van der Waals surface area contributed by atoms with Crippen LogP contribution in [0.15, 0.2) is 24.4 Å². The molecule has 1 aromatic carbocycles. The van der Waals surface area contributed by atoms with E-state index in [0.29, 0.717) is 0 Å². The maximum atomic E-state index is 11.6. The minimum absolute atomic E-state index is 0.0881. The van der Waals surface area contributed by atoms with Crippen molar-refractivity contribution in [1.29, 1.82) is 0 Å². The summed E-state index contributed by atoms with van der Waals surface area (Å²) in [7, 11) is 1.14. The lowest BCUT2D eigenvalue weighted by molar-refractivity contribution is 0.0593. The molecular weight excluding hydrogens is 306 g/mol. The molecule has 0 bridgehead atoms. The Morgan fingerprint density at radius 3 is 2.13 bits per heavy atom. The number of carbonyl (C=O) groups is 3. The zero-order valence-electron chi connectivity index (χ0n) is 11.8. The van der Waals surface area contributed by atoms with Crippen LogP contribution in [0.25, 0.3) is 11.3 Å². The van der Waals surface area contributed by atoms with Crippen LogP contribution in [-0.4, -0.2) is 45.2 Å². The molecule has 0 saturated heterocycles. The van der Waals surface area contributed by atoms with Gasteiger partial charge in [-0.05, 0) is 18.2 Å². The molecule has 0 atom stereocenters. The van der Waals surface area contributed by atoms with Crippen LogP contribution in [0.4, 0.5) is 5.82 Å². The lowest BCUT2D eigenvalue weighted by atomic mass is 10.0. The molecule has 0 spiro atoms. The number of carboxylic acids is 2. The van der Waals surface area contributed by atoms with Crippen molar-refractivity contribution in [3.8, 4) is 11.3 Å². The maximum Gasteiger partial charge on any atom is 0.360 e. The van der Waals surface area contributed by atoms with Gasteiger partial charge in [-0.25, -0.2) is 24.4 Å². The molecule has 0 aliphatic rings. The summed E-state index contributed by atoms with van der Waals surface area (Å²) in [5.41, 5.74) is 5.07. The number of rotatable bonds is 4. The highest BCUT2D eigenvalue weighted by atomic mass is 16.5. The lowest BCUT2D eigenvalue weighted by Crippen LogP contribution is -2.11. The summed E-state index contributed by atoms with van der Waals surface area (Å²) in [5, 5.41) is 18.1. The third kappa shape index (κ3) is 3.23. The van der Waals surface area contributed by atoms with E-state index in [2.05, 4.69) is 14.7 Å². The van der Waals surface area contributed by atoms with E-state index >= 15 is 0 Å². The summed E-state index contributed by atoms with van der Waals surface area (Å²) >= 11 is 0. The molecule has 2 aromatic rings. The zero-order chi connectivity index (χ0) is 17.1. The first-order chi connectivity index (χ1) is 10.8. The third-order valence-corrected chi connectivity index (χ3v) is 2.90. The molecular formula is C14H11N3O6. The van der Waals surface area contributed by atoms with E-state index < -0.39 is 17.9 Å².